The van der Waals surface area contributed by atoms with E-state index in [-0.39, 0.29) is 0 Å². The summed E-state index contributed by atoms with van der Waals surface area (Å²) in [5.41, 5.74) is 1.85. The summed E-state index contributed by atoms with van der Waals surface area (Å²) in [5, 5.41) is 0. The molecule has 0 atom stereocenters. The second-order valence-electron chi connectivity index (χ2n) is 3.79. The number of aryl methyl sites for hydroxylation is 1. The van der Waals surface area contributed by atoms with Gasteiger partial charge in [-0.2, -0.15) is 0 Å². The van der Waals surface area contributed by atoms with E-state index in [0.29, 0.717) is 11.3 Å². The molecule has 2 heteroatoms. The Balaban J connectivity index is 2.21. The molecule has 0 fully saturated rings. The molecule has 0 saturated carbocycles. The van der Waals surface area contributed by atoms with Crippen LogP contribution in [0.4, 0.5) is 0 Å². The minimum Gasteiger partial charge on any atom is -0.457 e. The summed E-state index contributed by atoms with van der Waals surface area (Å²) in [6.45, 7) is 2.10. The lowest BCUT2D eigenvalue weighted by Crippen LogP contribution is -1.87. The summed E-state index contributed by atoms with van der Waals surface area (Å²) in [7, 11) is 0. The van der Waals surface area contributed by atoms with Gasteiger partial charge >= 0.3 is 0 Å². The molecule has 0 radical (unpaired) electrons. The number of aldehydes is 1. The topological polar surface area (TPSA) is 26.3 Å². The Morgan fingerprint density at radius 3 is 2.47 bits per heavy atom. The normalized spacial score (nSPS) is 9.94. The summed E-state index contributed by atoms with van der Waals surface area (Å²) in [5.74, 6) is 1.48. The molecule has 2 aromatic rings. The molecule has 0 N–H and O–H groups in total. The molecule has 2 aromatic carbocycles. The number of carbonyl (C=O) groups excluding carboxylic acids is 1. The van der Waals surface area contributed by atoms with Gasteiger partial charge in [0.05, 0.1) is 0 Å². The van der Waals surface area contributed by atoms with Gasteiger partial charge in [-0.05, 0) is 36.2 Å². The molecule has 0 aliphatic carbocycles. The van der Waals surface area contributed by atoms with Crippen LogP contribution in [-0.4, -0.2) is 6.29 Å². The first-order chi connectivity index (χ1) is 8.31. The quantitative estimate of drug-likeness (QED) is 0.740. The predicted octanol–water partition coefficient (Wildman–Crippen LogP) is 3.85. The lowest BCUT2D eigenvalue weighted by Gasteiger charge is -2.07. The van der Waals surface area contributed by atoms with Crippen LogP contribution in [0.3, 0.4) is 0 Å². The van der Waals surface area contributed by atoms with Gasteiger partial charge in [-0.15, -0.1) is 0 Å². The van der Waals surface area contributed by atoms with Crippen LogP contribution in [0.25, 0.3) is 0 Å². The van der Waals surface area contributed by atoms with Crippen molar-refractivity contribution in [1.82, 2.24) is 0 Å². The van der Waals surface area contributed by atoms with Gasteiger partial charge in [0.2, 0.25) is 0 Å². The maximum Gasteiger partial charge on any atom is 0.150 e. The van der Waals surface area contributed by atoms with Gasteiger partial charge in [0.15, 0.2) is 0 Å². The zero-order chi connectivity index (χ0) is 12.1. The molecule has 0 aromatic heterocycles. The second kappa shape index (κ2) is 5.30. The van der Waals surface area contributed by atoms with Crippen molar-refractivity contribution in [2.24, 2.45) is 0 Å². The average molecular weight is 226 g/mol. The highest BCUT2D eigenvalue weighted by atomic mass is 16.5. The second-order valence-corrected chi connectivity index (χ2v) is 3.79. The maximum absolute atomic E-state index is 10.7. The Labute approximate surface area is 101 Å². The third kappa shape index (κ3) is 2.94. The molecule has 2 rings (SSSR count). The SMILES string of the molecule is CCc1cccc(Oc2cccc(C=O)c2)c1. The van der Waals surface area contributed by atoms with Crippen LogP contribution in [-0.2, 0) is 6.42 Å². The van der Waals surface area contributed by atoms with Crippen LogP contribution in [0.1, 0.15) is 22.8 Å². The summed E-state index contributed by atoms with van der Waals surface area (Å²) >= 11 is 0. The van der Waals surface area contributed by atoms with Gasteiger partial charge in [-0.25, -0.2) is 0 Å². The lowest BCUT2D eigenvalue weighted by molar-refractivity contribution is 0.112. The predicted molar refractivity (Wildman–Crippen MR) is 67.7 cm³/mol. The molecule has 0 amide bonds. The van der Waals surface area contributed by atoms with Crippen molar-refractivity contribution in [3.63, 3.8) is 0 Å². The minimum absolute atomic E-state index is 0.620. The van der Waals surface area contributed by atoms with E-state index in [0.717, 1.165) is 18.5 Å². The Morgan fingerprint density at radius 1 is 1.06 bits per heavy atom. The molecule has 0 saturated heterocycles. The average Bonchev–Trinajstić information content (AvgIpc) is 2.39. The van der Waals surface area contributed by atoms with Gasteiger partial charge in [-0.3, -0.25) is 4.79 Å². The smallest absolute Gasteiger partial charge is 0.150 e. The number of rotatable bonds is 4. The van der Waals surface area contributed by atoms with Gasteiger partial charge in [0.1, 0.15) is 17.8 Å². The fraction of sp³-hybridized carbons (Fsp3) is 0.133. The monoisotopic (exact) mass is 226 g/mol. The summed E-state index contributed by atoms with van der Waals surface area (Å²) in [4.78, 5) is 10.7. The Hall–Kier alpha value is -2.09. The van der Waals surface area contributed by atoms with Gasteiger partial charge in [0.25, 0.3) is 0 Å². The molecule has 0 heterocycles. The zero-order valence-electron chi connectivity index (χ0n) is 9.72. The van der Waals surface area contributed by atoms with Crippen LogP contribution in [0, 0.1) is 0 Å². The van der Waals surface area contributed by atoms with Crippen LogP contribution < -0.4 is 4.74 Å². The van der Waals surface area contributed by atoms with Crippen molar-refractivity contribution < 1.29 is 9.53 Å². The summed E-state index contributed by atoms with van der Waals surface area (Å²) in [6, 6.07) is 15.1. The van der Waals surface area contributed by atoms with Crippen molar-refractivity contribution in [3.8, 4) is 11.5 Å². The van der Waals surface area contributed by atoms with E-state index >= 15 is 0 Å². The Bertz CT molecular complexity index is 518. The number of benzene rings is 2. The minimum atomic E-state index is 0.620. The molecule has 0 bridgehead atoms. The molecule has 0 aliphatic rings. The molecule has 0 aliphatic heterocycles. The fourth-order valence-corrected chi connectivity index (χ4v) is 1.62. The zero-order valence-corrected chi connectivity index (χ0v) is 9.72. The van der Waals surface area contributed by atoms with Crippen molar-refractivity contribution >= 4 is 6.29 Å². The standard InChI is InChI=1S/C15H14O2/c1-2-12-5-3-7-14(9-12)17-15-8-4-6-13(10-15)11-16/h3-11H,2H2,1H3. The van der Waals surface area contributed by atoms with E-state index in [2.05, 4.69) is 13.0 Å². The van der Waals surface area contributed by atoms with Crippen LogP contribution in [0.15, 0.2) is 48.5 Å². The molecular weight excluding hydrogens is 212 g/mol. The van der Waals surface area contributed by atoms with Gasteiger partial charge in [0, 0.05) is 5.56 Å². The molecule has 86 valence electrons. The fourth-order valence-electron chi connectivity index (χ4n) is 1.62. The Morgan fingerprint density at radius 2 is 1.76 bits per heavy atom. The number of hydrogen-bond acceptors (Lipinski definition) is 2. The van der Waals surface area contributed by atoms with Crippen molar-refractivity contribution in [3.05, 3.63) is 59.7 Å². The molecule has 0 spiro atoms. The highest BCUT2D eigenvalue weighted by Crippen LogP contribution is 2.22. The van der Waals surface area contributed by atoms with Crippen LogP contribution in [0.5, 0.6) is 11.5 Å². The van der Waals surface area contributed by atoms with E-state index in [1.54, 1.807) is 12.1 Å². The van der Waals surface area contributed by atoms with Crippen molar-refractivity contribution in [1.29, 1.82) is 0 Å². The number of carbonyl (C=O) groups is 1. The number of hydrogen-bond donors (Lipinski definition) is 0. The maximum atomic E-state index is 10.7. The summed E-state index contributed by atoms with van der Waals surface area (Å²) < 4.78 is 5.70. The first-order valence-corrected chi connectivity index (χ1v) is 5.64. The van der Waals surface area contributed by atoms with E-state index in [1.165, 1.54) is 5.56 Å². The van der Waals surface area contributed by atoms with E-state index in [9.17, 15) is 4.79 Å². The van der Waals surface area contributed by atoms with Crippen LogP contribution in [0.2, 0.25) is 0 Å². The van der Waals surface area contributed by atoms with E-state index in [1.807, 2.05) is 30.3 Å². The highest BCUT2D eigenvalue weighted by molar-refractivity contribution is 5.75. The third-order valence-corrected chi connectivity index (χ3v) is 2.54. The third-order valence-electron chi connectivity index (χ3n) is 2.54. The largest absolute Gasteiger partial charge is 0.457 e. The van der Waals surface area contributed by atoms with E-state index < -0.39 is 0 Å². The molecular formula is C15H14O2. The summed E-state index contributed by atoms with van der Waals surface area (Å²) in [6.07, 6.45) is 1.79. The first kappa shape index (κ1) is 11.4. The van der Waals surface area contributed by atoms with E-state index in [4.69, 9.17) is 4.74 Å². The molecule has 0 unspecified atom stereocenters. The van der Waals surface area contributed by atoms with Gasteiger partial charge in [-0.1, -0.05) is 31.2 Å². The number of ether oxygens (including phenoxy) is 1. The lowest BCUT2D eigenvalue weighted by atomic mass is 10.2. The first-order valence-electron chi connectivity index (χ1n) is 5.64. The van der Waals surface area contributed by atoms with Crippen molar-refractivity contribution in [2.45, 2.75) is 13.3 Å². The van der Waals surface area contributed by atoms with Crippen molar-refractivity contribution in [2.75, 3.05) is 0 Å². The molecule has 17 heavy (non-hydrogen) atoms. The van der Waals surface area contributed by atoms with Gasteiger partial charge < -0.3 is 4.74 Å². The van der Waals surface area contributed by atoms with Crippen LogP contribution >= 0.6 is 0 Å². The highest BCUT2D eigenvalue weighted by Gasteiger charge is 1.99. The Kier molecular flexibility index (Phi) is 3.55. The molecule has 2 nitrogen and oxygen atoms in total.